The third-order valence-electron chi connectivity index (χ3n) is 3.85. The summed E-state index contributed by atoms with van der Waals surface area (Å²) in [6.45, 7) is 3.49. The van der Waals surface area contributed by atoms with Gasteiger partial charge < -0.3 is 15.5 Å². The van der Waals surface area contributed by atoms with Gasteiger partial charge in [0, 0.05) is 41.6 Å². The van der Waals surface area contributed by atoms with Gasteiger partial charge in [-0.05, 0) is 59.0 Å². The Kier molecular flexibility index (Phi) is 7.55. The molecular formula is C16H20IN5O2S2. The van der Waals surface area contributed by atoms with Crippen molar-refractivity contribution in [2.45, 2.75) is 4.90 Å². The van der Waals surface area contributed by atoms with Gasteiger partial charge >= 0.3 is 0 Å². The van der Waals surface area contributed by atoms with Gasteiger partial charge in [-0.2, -0.15) is 0 Å². The molecule has 0 amide bonds. The van der Waals surface area contributed by atoms with Crippen LogP contribution in [-0.4, -0.2) is 45.1 Å². The Hall–Kier alpha value is -1.50. The molecule has 2 aromatic rings. The molecule has 0 unspecified atom stereocenters. The van der Waals surface area contributed by atoms with Crippen LogP contribution in [0.2, 0.25) is 0 Å². The number of primary sulfonamides is 1. The number of pyridine rings is 1. The molecule has 0 radical (unpaired) electrons. The van der Waals surface area contributed by atoms with Gasteiger partial charge in [0.05, 0.1) is 10.4 Å². The fourth-order valence-corrected chi connectivity index (χ4v) is 3.43. The van der Waals surface area contributed by atoms with Gasteiger partial charge in [-0.25, -0.2) is 18.5 Å². The van der Waals surface area contributed by atoms with Gasteiger partial charge in [0.15, 0.2) is 0 Å². The van der Waals surface area contributed by atoms with E-state index >= 15 is 0 Å². The van der Waals surface area contributed by atoms with Crippen LogP contribution in [0.3, 0.4) is 0 Å². The summed E-state index contributed by atoms with van der Waals surface area (Å²) in [5.74, 6) is 0.995. The van der Waals surface area contributed by atoms with Crippen LogP contribution in [0.1, 0.15) is 0 Å². The number of nitrogens with two attached hydrogens (primary N) is 2. The minimum Gasteiger partial charge on any atom is -0.396 e. The van der Waals surface area contributed by atoms with Crippen molar-refractivity contribution in [1.82, 2.24) is 4.98 Å². The molecule has 1 saturated heterocycles. The highest BCUT2D eigenvalue weighted by Gasteiger charge is 2.18. The number of piperazine rings is 1. The molecule has 0 aliphatic carbocycles. The van der Waals surface area contributed by atoms with Crippen LogP contribution >= 0.6 is 34.8 Å². The minimum atomic E-state index is -3.63. The molecular weight excluding hydrogens is 485 g/mol. The van der Waals surface area contributed by atoms with Gasteiger partial charge in [0.25, 0.3) is 0 Å². The van der Waals surface area contributed by atoms with E-state index in [2.05, 4.69) is 61.4 Å². The van der Waals surface area contributed by atoms with Gasteiger partial charge in [-0.3, -0.25) is 0 Å². The summed E-state index contributed by atoms with van der Waals surface area (Å²) < 4.78 is 23.7. The molecule has 3 rings (SSSR count). The number of thiocarbonyl (C=S) groups is 1. The Labute approximate surface area is 172 Å². The van der Waals surface area contributed by atoms with Crippen molar-refractivity contribution in [1.29, 1.82) is 0 Å². The first-order valence-corrected chi connectivity index (χ1v) is 10.8. The normalized spacial score (nSPS) is 14.4. The topological polar surface area (TPSA) is 106 Å². The molecule has 7 nitrogen and oxygen atoms in total. The molecule has 1 aromatic carbocycles. The summed E-state index contributed by atoms with van der Waals surface area (Å²) in [7, 11) is -3.63. The maximum absolute atomic E-state index is 11.3. The van der Waals surface area contributed by atoms with Crippen molar-refractivity contribution < 1.29 is 8.42 Å². The van der Waals surface area contributed by atoms with Gasteiger partial charge in [0.2, 0.25) is 10.0 Å². The van der Waals surface area contributed by atoms with Gasteiger partial charge in [-0.1, -0.05) is 12.2 Å². The average Bonchev–Trinajstić information content (AvgIpc) is 2.63. The standard InChI is InChI=1S/C15H17IN4O2S.CH3NS/c16-12-1-6-15(18-11-12)20-9-7-19(8-10-20)13-2-4-14(5-3-13)23(17,21)22;2-1-3/h1-6,11H,7-10H2,(H2,17,21,22);1H,(H2,2,3). The van der Waals surface area contributed by atoms with Crippen molar-refractivity contribution in [2.75, 3.05) is 36.0 Å². The Morgan fingerprint density at radius 2 is 1.58 bits per heavy atom. The second-order valence-corrected chi connectivity index (χ2v) is 8.56. The quantitative estimate of drug-likeness (QED) is 0.482. The van der Waals surface area contributed by atoms with E-state index < -0.39 is 10.0 Å². The first-order chi connectivity index (χ1) is 12.3. The molecule has 2 heterocycles. The lowest BCUT2D eigenvalue weighted by molar-refractivity contribution is 0.597. The van der Waals surface area contributed by atoms with E-state index in [1.54, 1.807) is 24.3 Å². The van der Waals surface area contributed by atoms with Gasteiger partial charge in [0.1, 0.15) is 5.82 Å². The predicted octanol–water partition coefficient (Wildman–Crippen LogP) is 1.56. The van der Waals surface area contributed by atoms with Gasteiger partial charge in [-0.15, -0.1) is 0 Å². The largest absolute Gasteiger partial charge is 0.396 e. The molecule has 1 aliphatic heterocycles. The number of anilines is 2. The molecule has 10 heteroatoms. The van der Waals surface area contributed by atoms with Crippen molar-refractivity contribution in [3.8, 4) is 0 Å². The molecule has 26 heavy (non-hydrogen) atoms. The number of hydrogen-bond acceptors (Lipinski definition) is 6. The molecule has 0 atom stereocenters. The van der Waals surface area contributed by atoms with Crippen LogP contribution in [0.4, 0.5) is 11.5 Å². The summed E-state index contributed by atoms with van der Waals surface area (Å²) in [5.41, 5.74) is 6.63. The summed E-state index contributed by atoms with van der Waals surface area (Å²) in [6.07, 6.45) is 1.87. The van der Waals surface area contributed by atoms with E-state index in [9.17, 15) is 8.42 Å². The number of halogens is 1. The molecule has 1 fully saturated rings. The van der Waals surface area contributed by atoms with E-state index in [1.807, 2.05) is 12.3 Å². The van der Waals surface area contributed by atoms with E-state index in [4.69, 9.17) is 5.14 Å². The van der Waals surface area contributed by atoms with Crippen molar-refractivity contribution in [2.24, 2.45) is 10.9 Å². The number of hydrogen-bond donors (Lipinski definition) is 2. The Balaban J connectivity index is 0.000000758. The maximum Gasteiger partial charge on any atom is 0.238 e. The van der Waals surface area contributed by atoms with Crippen LogP contribution in [0.5, 0.6) is 0 Å². The van der Waals surface area contributed by atoms with E-state index in [0.717, 1.165) is 46.7 Å². The highest BCUT2D eigenvalue weighted by molar-refractivity contribution is 14.1. The summed E-state index contributed by atoms with van der Waals surface area (Å²) in [4.78, 5) is 9.09. The smallest absolute Gasteiger partial charge is 0.238 e. The molecule has 4 N–H and O–H groups in total. The lowest BCUT2D eigenvalue weighted by Crippen LogP contribution is -2.46. The number of sulfonamides is 1. The summed E-state index contributed by atoms with van der Waals surface area (Å²) in [5, 5.41) is 5.12. The fourth-order valence-electron chi connectivity index (χ4n) is 2.60. The Morgan fingerprint density at radius 3 is 2.04 bits per heavy atom. The number of rotatable bonds is 3. The number of nitrogens with zero attached hydrogens (tertiary/aromatic N) is 3. The monoisotopic (exact) mass is 505 g/mol. The zero-order valence-corrected chi connectivity index (χ0v) is 17.7. The van der Waals surface area contributed by atoms with Crippen molar-refractivity contribution >= 4 is 61.8 Å². The fraction of sp³-hybridized carbons (Fsp3) is 0.250. The lowest BCUT2D eigenvalue weighted by Gasteiger charge is -2.36. The van der Waals surface area contributed by atoms with E-state index in [-0.39, 0.29) is 4.90 Å². The van der Waals surface area contributed by atoms with Crippen LogP contribution in [0, 0.1) is 3.57 Å². The second kappa shape index (κ2) is 9.44. The SMILES string of the molecule is NC=S.NS(=O)(=O)c1ccc(N2CCN(c3ccc(I)cn3)CC2)cc1. The third kappa shape index (κ3) is 5.76. The first-order valence-electron chi connectivity index (χ1n) is 7.75. The molecule has 0 spiro atoms. The lowest BCUT2D eigenvalue weighted by atomic mass is 10.2. The minimum absolute atomic E-state index is 0.142. The average molecular weight is 505 g/mol. The predicted molar refractivity (Wildman–Crippen MR) is 117 cm³/mol. The Bertz CT molecular complexity index is 821. The Morgan fingerprint density at radius 1 is 1.04 bits per heavy atom. The van der Waals surface area contributed by atoms with Crippen LogP contribution in [0.25, 0.3) is 0 Å². The summed E-state index contributed by atoms with van der Waals surface area (Å²) >= 11 is 6.29. The molecule has 1 aliphatic rings. The van der Waals surface area contributed by atoms with Crippen molar-refractivity contribution in [3.05, 3.63) is 46.2 Å². The summed E-state index contributed by atoms with van der Waals surface area (Å²) in [6, 6.07) is 10.8. The molecule has 1 aromatic heterocycles. The van der Waals surface area contributed by atoms with Crippen LogP contribution in [-0.2, 0) is 10.0 Å². The van der Waals surface area contributed by atoms with E-state index in [1.165, 1.54) is 0 Å². The first kappa shape index (κ1) is 20.8. The molecule has 140 valence electrons. The molecule has 0 saturated carbocycles. The number of aromatic nitrogens is 1. The van der Waals surface area contributed by atoms with E-state index in [0.29, 0.717) is 0 Å². The third-order valence-corrected chi connectivity index (χ3v) is 5.41. The second-order valence-electron chi connectivity index (χ2n) is 5.48. The molecule has 0 bridgehead atoms. The van der Waals surface area contributed by atoms with Crippen LogP contribution in [0.15, 0.2) is 47.5 Å². The highest BCUT2D eigenvalue weighted by atomic mass is 127. The maximum atomic E-state index is 11.3. The zero-order valence-electron chi connectivity index (χ0n) is 14.0. The zero-order chi connectivity index (χ0) is 19.2. The number of benzene rings is 1. The van der Waals surface area contributed by atoms with Crippen LogP contribution < -0.4 is 20.7 Å². The highest BCUT2D eigenvalue weighted by Crippen LogP contribution is 2.21. The van der Waals surface area contributed by atoms with Crippen molar-refractivity contribution in [3.63, 3.8) is 0 Å².